The van der Waals surface area contributed by atoms with Gasteiger partial charge >= 0.3 is 0 Å². The summed E-state index contributed by atoms with van der Waals surface area (Å²) < 4.78 is 93.5. The summed E-state index contributed by atoms with van der Waals surface area (Å²) in [6.45, 7) is 35.0. The first-order valence-electron chi connectivity index (χ1n) is 42.4. The monoisotopic (exact) mass is 2060 g/mol. The predicted molar refractivity (Wildman–Crippen MR) is 523 cm³/mol. The Balaban J connectivity index is 0.000000175. The number of aromatic nitrogens is 9. The number of nitriles is 3. The molecule has 0 radical (unpaired) electrons. The molecule has 0 spiro atoms. The number of amides is 3. The predicted octanol–water partition coefficient (Wildman–Crippen LogP) is 20.8. The fourth-order valence-corrected chi connectivity index (χ4v) is 19.4. The average Bonchev–Trinajstić information content (AvgIpc) is 0.726. The molecule has 9 aromatic heterocycles. The molecule has 3 N–H and O–H groups in total. The molecule has 0 unspecified atom stereocenters. The van der Waals surface area contributed by atoms with E-state index in [-0.39, 0.29) is 212 Å². The van der Waals surface area contributed by atoms with E-state index in [0.717, 1.165) is 0 Å². The van der Waals surface area contributed by atoms with E-state index < -0.39 is 116 Å². The largest absolute Gasteiger partial charge is 0.505 e. The Kier molecular flexibility index (Phi) is 30.3. The van der Waals surface area contributed by atoms with E-state index in [4.69, 9.17) is 104 Å². The van der Waals surface area contributed by atoms with Gasteiger partial charge in [0.25, 0.3) is 16.7 Å². The molecule has 3 fully saturated rings. The molecule has 12 aromatic rings. The summed E-state index contributed by atoms with van der Waals surface area (Å²) in [5.74, 6) is -12.5. The highest BCUT2D eigenvalue weighted by molar-refractivity contribution is 6.40. The average molecular weight is 2060 g/mol. The highest BCUT2D eigenvalue weighted by atomic mass is 35.5. The van der Waals surface area contributed by atoms with Gasteiger partial charge in [-0.3, -0.25) is 57.4 Å². The number of anilines is 3. The molecule has 3 amide bonds. The number of carbonyl (C=O) groups is 3. The lowest BCUT2D eigenvalue weighted by molar-refractivity contribution is -0.129. The van der Waals surface area contributed by atoms with E-state index in [1.165, 1.54) is 50.1 Å². The summed E-state index contributed by atoms with van der Waals surface area (Å²) >= 11 is 55.6. The van der Waals surface area contributed by atoms with Gasteiger partial charge in [-0.05, 0) is 131 Å². The van der Waals surface area contributed by atoms with Crippen molar-refractivity contribution in [3.05, 3.63) is 255 Å². The Morgan fingerprint density at radius 2 is 0.630 bits per heavy atom. The molecule has 0 saturated carbocycles. The fraction of sp³-hybridized carbons (Fsp3) is 0.281. The van der Waals surface area contributed by atoms with Crippen molar-refractivity contribution in [1.29, 1.82) is 15.8 Å². The van der Waals surface area contributed by atoms with Gasteiger partial charge in [0, 0.05) is 112 Å². The molecule has 3 aromatic carbocycles. The van der Waals surface area contributed by atoms with Gasteiger partial charge in [-0.15, -0.1) is 0 Å². The summed E-state index contributed by atoms with van der Waals surface area (Å²) in [5.41, 5.74) is -1.02. The minimum Gasteiger partial charge on any atom is -0.505 e. The van der Waals surface area contributed by atoms with E-state index in [9.17, 15) is 73.0 Å². The number of halogens is 15. The van der Waals surface area contributed by atoms with Crippen molar-refractivity contribution in [2.24, 2.45) is 0 Å². The summed E-state index contributed by atoms with van der Waals surface area (Å²) in [5, 5.41) is 58.2. The second-order valence-corrected chi connectivity index (χ2v) is 37.1. The zero-order valence-electron chi connectivity index (χ0n) is 75.4. The van der Waals surface area contributed by atoms with Crippen molar-refractivity contribution in [1.82, 2.24) is 58.3 Å². The molecular formula is C96H81Cl9F6N18O9. The molecule has 42 heteroatoms. The molecule has 3 aliphatic heterocycles. The number of nitrogens with zero attached hydrogens (tertiary/aromatic N) is 18. The van der Waals surface area contributed by atoms with E-state index in [2.05, 4.69) is 67.8 Å². The Bertz CT molecular complexity index is 6790. The van der Waals surface area contributed by atoms with Crippen LogP contribution >= 0.6 is 104 Å². The van der Waals surface area contributed by atoms with Gasteiger partial charge in [0.1, 0.15) is 99.2 Å². The number of phenolic OH excluding ortho intramolecular Hbond substituents is 3. The molecule has 714 valence electrons. The van der Waals surface area contributed by atoms with Crippen molar-refractivity contribution in [2.45, 2.75) is 119 Å². The molecular weight excluding hydrogens is 1980 g/mol. The molecule has 0 aliphatic carbocycles. The first-order chi connectivity index (χ1) is 65.2. The van der Waals surface area contributed by atoms with Crippen molar-refractivity contribution >= 4 is 172 Å². The van der Waals surface area contributed by atoms with Gasteiger partial charge in [0.2, 0.25) is 17.7 Å². The summed E-state index contributed by atoms with van der Waals surface area (Å²) in [6.07, 6.45) is 8.45. The van der Waals surface area contributed by atoms with Crippen LogP contribution in [0.5, 0.6) is 17.2 Å². The number of pyridine rings is 9. The van der Waals surface area contributed by atoms with E-state index in [0.29, 0.717) is 50.8 Å². The highest BCUT2D eigenvalue weighted by Crippen LogP contribution is 2.52. The summed E-state index contributed by atoms with van der Waals surface area (Å²) in [7, 11) is 0. The lowest BCUT2D eigenvalue weighted by atomic mass is 10.0. The number of piperazine rings is 3. The molecule has 3 saturated heterocycles. The lowest BCUT2D eigenvalue weighted by Crippen LogP contribution is -2.54. The minimum atomic E-state index is -1.37. The van der Waals surface area contributed by atoms with Crippen LogP contribution in [0.4, 0.5) is 43.4 Å². The maximum Gasteiger partial charge on any atom is 0.276 e. The third-order valence-corrected chi connectivity index (χ3v) is 26.9. The van der Waals surface area contributed by atoms with Crippen LogP contribution in [0.2, 0.25) is 45.2 Å². The van der Waals surface area contributed by atoms with E-state index >= 15 is 13.2 Å². The summed E-state index contributed by atoms with van der Waals surface area (Å²) in [4.78, 5) is 118. The van der Waals surface area contributed by atoms with Crippen LogP contribution in [-0.2, 0) is 14.4 Å². The molecule has 3 atom stereocenters. The number of rotatable bonds is 15. The van der Waals surface area contributed by atoms with Crippen LogP contribution in [0.15, 0.2) is 107 Å². The third kappa shape index (κ3) is 18.0. The third-order valence-electron chi connectivity index (χ3n) is 24.0. The second kappa shape index (κ2) is 40.8. The smallest absolute Gasteiger partial charge is 0.276 e. The topological polar surface area (TPSA) is 346 Å². The Hall–Kier alpha value is -12.7. The second-order valence-electron chi connectivity index (χ2n) is 33.6. The maximum atomic E-state index is 15.5. The SMILES string of the molecule is C=CC(=O)N1CCN(c2c(C#N)c(=O)n(-c3c(C)ccnc3C(C)C)c3nc(-c4c(O)c(Cl)c(F)c(Cl)c4F)c(Cl)cc23)C[C@H]1C.C=CC(=O)N1CCN(c2c(C#N)c(=O)n(-c3c(C)ccnc3C(C)C)c3nc(-c4c(O)c(Cl)c(F)c(Cl)c4F)c(Cl)cc23)C[C@H]1C.C=CC(=O)N1CCN(c2c(C#N)c(=O)n(-c3c(C)ccnc3C(C)C)c3nc(-c4c(O)c(Cl)c(F)c(Cl)c4F)c(Cl)cc23)C[C@H]1C. The Morgan fingerprint density at radius 1 is 0.399 bits per heavy atom. The molecule has 27 nitrogen and oxygen atoms in total. The number of hydrogen-bond acceptors (Lipinski definition) is 21. The zero-order chi connectivity index (χ0) is 101. The quantitative estimate of drug-likeness (QED) is 0.0371. The van der Waals surface area contributed by atoms with Gasteiger partial charge in [-0.1, -0.05) is 166 Å². The molecule has 138 heavy (non-hydrogen) atoms. The minimum absolute atomic E-state index is 0.0518. The van der Waals surface area contributed by atoms with Gasteiger partial charge in [-0.2, -0.15) is 15.8 Å². The maximum absolute atomic E-state index is 15.5. The van der Waals surface area contributed by atoms with Crippen LogP contribution in [-0.4, -0.2) is 168 Å². The van der Waals surface area contributed by atoms with Crippen LogP contribution in [0, 0.1) is 89.7 Å². The van der Waals surface area contributed by atoms with Gasteiger partial charge in [-0.25, -0.2) is 41.3 Å². The molecule has 0 bridgehead atoms. The van der Waals surface area contributed by atoms with Crippen molar-refractivity contribution in [2.75, 3.05) is 73.6 Å². The Labute approximate surface area is 830 Å². The van der Waals surface area contributed by atoms with E-state index in [1.807, 2.05) is 62.3 Å². The number of benzene rings is 3. The normalized spacial score (nSPS) is 15.0. The fourth-order valence-electron chi connectivity index (χ4n) is 17.4. The number of hydrogen-bond donors (Lipinski definition) is 3. The number of aromatic hydroxyl groups is 3. The van der Waals surface area contributed by atoms with Crippen LogP contribution in [0.3, 0.4) is 0 Å². The highest BCUT2D eigenvalue weighted by Gasteiger charge is 2.40. The molecule has 3 aliphatic rings. The van der Waals surface area contributed by atoms with Gasteiger partial charge in [0.05, 0.1) is 100 Å². The Morgan fingerprint density at radius 3 is 0.833 bits per heavy atom. The van der Waals surface area contributed by atoms with Crippen molar-refractivity contribution in [3.8, 4) is 86.3 Å². The zero-order valence-corrected chi connectivity index (χ0v) is 82.2. The first-order valence-corrected chi connectivity index (χ1v) is 45.8. The number of phenols is 3. The molecule has 12 heterocycles. The van der Waals surface area contributed by atoms with Crippen LogP contribution in [0.1, 0.15) is 131 Å². The lowest BCUT2D eigenvalue weighted by Gasteiger charge is -2.41. The summed E-state index contributed by atoms with van der Waals surface area (Å²) in [6, 6.07) is 14.4. The first kappa shape index (κ1) is 103. The van der Waals surface area contributed by atoms with Crippen molar-refractivity contribution in [3.63, 3.8) is 0 Å². The van der Waals surface area contributed by atoms with Gasteiger partial charge in [0.15, 0.2) is 34.9 Å². The number of fused-ring (bicyclic) bond motifs is 3. The molecule has 15 rings (SSSR count). The standard InChI is InChI=1S/3C32H27Cl3F2N6O3/c3*1-6-20(44)42-10-9-41(13-16(42)5)29-17-11-19(33)27(21-24(36)22(34)25(37)23(35)30(21)45)40-31(17)43(32(46)18(29)12-38)28-15(4)7-8-39-26(28)14(2)3/h3*6-8,11,14,16,45H,1,9-10,13H2,2-5H3/t3*16-/m111/s1. The van der Waals surface area contributed by atoms with Crippen LogP contribution < -0.4 is 31.4 Å². The van der Waals surface area contributed by atoms with Crippen molar-refractivity contribution < 1.29 is 56.0 Å². The van der Waals surface area contributed by atoms with Crippen LogP contribution in [0.25, 0.3) is 83.9 Å². The van der Waals surface area contributed by atoms with Gasteiger partial charge < -0.3 is 44.7 Å². The number of aryl methyl sites for hydroxylation is 3. The number of carbonyl (C=O) groups excluding carboxylic acids is 3. The van der Waals surface area contributed by atoms with E-state index in [1.54, 1.807) is 87.0 Å².